The van der Waals surface area contributed by atoms with Crippen molar-refractivity contribution in [1.82, 2.24) is 20.0 Å². The Labute approximate surface area is 125 Å². The summed E-state index contributed by atoms with van der Waals surface area (Å²) in [4.78, 5) is 11.1. The van der Waals surface area contributed by atoms with E-state index in [1.807, 2.05) is 12.1 Å². The molecule has 0 amide bonds. The highest BCUT2D eigenvalue weighted by molar-refractivity contribution is 5.52. The highest BCUT2D eigenvalue weighted by atomic mass is 16.5. The van der Waals surface area contributed by atoms with E-state index in [2.05, 4.69) is 33.9 Å². The van der Waals surface area contributed by atoms with Gasteiger partial charge in [0.1, 0.15) is 0 Å². The van der Waals surface area contributed by atoms with Gasteiger partial charge in [-0.15, -0.1) is 0 Å². The van der Waals surface area contributed by atoms with Crippen molar-refractivity contribution in [3.63, 3.8) is 0 Å². The Hall–Kier alpha value is -1.75. The summed E-state index contributed by atoms with van der Waals surface area (Å²) in [5, 5.41) is 4.10. The first-order valence-corrected chi connectivity index (χ1v) is 7.68. The van der Waals surface area contributed by atoms with Gasteiger partial charge >= 0.3 is 0 Å². The fourth-order valence-electron chi connectivity index (χ4n) is 2.90. The molecule has 5 heteroatoms. The van der Waals surface area contributed by atoms with E-state index in [-0.39, 0.29) is 0 Å². The summed E-state index contributed by atoms with van der Waals surface area (Å²) in [5.74, 6) is 2.57. The number of hydrogen-bond acceptors (Lipinski definition) is 5. The van der Waals surface area contributed by atoms with E-state index >= 15 is 0 Å². The van der Waals surface area contributed by atoms with Crippen molar-refractivity contribution in [3.8, 4) is 11.4 Å². The number of nitrogens with zero attached hydrogens (tertiary/aromatic N) is 4. The second-order valence-electron chi connectivity index (χ2n) is 6.16. The van der Waals surface area contributed by atoms with Crippen LogP contribution in [0.1, 0.15) is 38.5 Å². The Bertz CT molecular complexity index is 559. The van der Waals surface area contributed by atoms with E-state index in [1.54, 1.807) is 12.4 Å². The minimum atomic E-state index is 0.400. The van der Waals surface area contributed by atoms with Crippen molar-refractivity contribution in [2.45, 2.75) is 32.6 Å². The first kappa shape index (κ1) is 14.2. The van der Waals surface area contributed by atoms with E-state index in [4.69, 9.17) is 4.52 Å². The minimum absolute atomic E-state index is 0.400. The summed E-state index contributed by atoms with van der Waals surface area (Å²) < 4.78 is 5.47. The lowest BCUT2D eigenvalue weighted by Crippen LogP contribution is -2.35. The molecule has 0 N–H and O–H groups in total. The molecular weight excluding hydrogens is 264 g/mol. The first-order valence-electron chi connectivity index (χ1n) is 7.68. The third-order valence-electron chi connectivity index (χ3n) is 3.94. The van der Waals surface area contributed by atoms with Gasteiger partial charge in [0, 0.05) is 30.4 Å². The van der Waals surface area contributed by atoms with Crippen molar-refractivity contribution >= 4 is 0 Å². The molecule has 0 aromatic carbocycles. The Morgan fingerprint density at radius 3 is 2.62 bits per heavy atom. The van der Waals surface area contributed by atoms with E-state index in [1.165, 1.54) is 6.54 Å². The van der Waals surface area contributed by atoms with Gasteiger partial charge in [-0.2, -0.15) is 4.98 Å². The van der Waals surface area contributed by atoms with Gasteiger partial charge in [-0.3, -0.25) is 4.98 Å². The fraction of sp³-hybridized carbons (Fsp3) is 0.562. The first-order chi connectivity index (χ1) is 10.2. The molecule has 3 rings (SSSR count). The van der Waals surface area contributed by atoms with Gasteiger partial charge in [-0.1, -0.05) is 19.0 Å². The number of piperidine rings is 1. The molecule has 1 aliphatic heterocycles. The smallest absolute Gasteiger partial charge is 0.230 e. The molecule has 1 aliphatic rings. The van der Waals surface area contributed by atoms with Crippen molar-refractivity contribution < 1.29 is 4.52 Å². The standard InChI is InChI=1S/C16H22N4O/c1-12(2)11-20-9-5-14(6-10-20)16-18-15(19-21-16)13-3-7-17-8-4-13/h3-4,7-8,12,14H,5-6,9-11H2,1-2H3. The van der Waals surface area contributed by atoms with E-state index in [0.29, 0.717) is 11.7 Å². The molecule has 0 bridgehead atoms. The zero-order chi connectivity index (χ0) is 14.7. The Morgan fingerprint density at radius 2 is 1.95 bits per heavy atom. The van der Waals surface area contributed by atoms with Crippen LogP contribution in [0.2, 0.25) is 0 Å². The van der Waals surface area contributed by atoms with Crippen LogP contribution in [-0.2, 0) is 0 Å². The number of hydrogen-bond donors (Lipinski definition) is 0. The molecule has 0 radical (unpaired) electrons. The van der Waals surface area contributed by atoms with Crippen molar-refractivity contribution in [1.29, 1.82) is 0 Å². The minimum Gasteiger partial charge on any atom is -0.339 e. The SMILES string of the molecule is CC(C)CN1CCC(c2nc(-c3ccncc3)no2)CC1. The molecule has 2 aromatic heterocycles. The summed E-state index contributed by atoms with van der Waals surface area (Å²) in [6.07, 6.45) is 5.70. The Morgan fingerprint density at radius 1 is 1.24 bits per heavy atom. The van der Waals surface area contributed by atoms with Gasteiger partial charge in [-0.05, 0) is 44.0 Å². The molecule has 112 valence electrons. The van der Waals surface area contributed by atoms with Crippen LogP contribution < -0.4 is 0 Å². The molecule has 2 aromatic rings. The average Bonchev–Trinajstić information content (AvgIpc) is 2.98. The lowest BCUT2D eigenvalue weighted by Gasteiger charge is -2.31. The van der Waals surface area contributed by atoms with Crippen LogP contribution >= 0.6 is 0 Å². The molecular formula is C16H22N4O. The lowest BCUT2D eigenvalue weighted by molar-refractivity contribution is 0.178. The van der Waals surface area contributed by atoms with Crippen LogP contribution in [0.3, 0.4) is 0 Å². The molecule has 21 heavy (non-hydrogen) atoms. The van der Waals surface area contributed by atoms with E-state index < -0.39 is 0 Å². The van der Waals surface area contributed by atoms with Gasteiger partial charge in [0.15, 0.2) is 0 Å². The summed E-state index contributed by atoms with van der Waals surface area (Å²) in [5.41, 5.74) is 0.956. The van der Waals surface area contributed by atoms with Crippen molar-refractivity contribution in [2.75, 3.05) is 19.6 Å². The summed E-state index contributed by atoms with van der Waals surface area (Å²) in [6.45, 7) is 7.96. The van der Waals surface area contributed by atoms with Crippen LogP contribution in [0.15, 0.2) is 29.0 Å². The molecule has 0 atom stereocenters. The summed E-state index contributed by atoms with van der Waals surface area (Å²) in [6, 6.07) is 3.81. The van der Waals surface area contributed by atoms with Gasteiger partial charge in [0.2, 0.25) is 11.7 Å². The predicted molar refractivity (Wildman–Crippen MR) is 80.8 cm³/mol. The van der Waals surface area contributed by atoms with Gasteiger partial charge in [-0.25, -0.2) is 0 Å². The zero-order valence-electron chi connectivity index (χ0n) is 12.7. The van der Waals surface area contributed by atoms with Crippen LogP contribution in [-0.4, -0.2) is 39.7 Å². The third kappa shape index (κ3) is 3.47. The quantitative estimate of drug-likeness (QED) is 0.865. The van der Waals surface area contributed by atoms with Crippen LogP contribution in [0.25, 0.3) is 11.4 Å². The largest absolute Gasteiger partial charge is 0.339 e. The second-order valence-corrected chi connectivity index (χ2v) is 6.16. The normalized spacial score (nSPS) is 17.5. The fourth-order valence-corrected chi connectivity index (χ4v) is 2.90. The topological polar surface area (TPSA) is 55.1 Å². The van der Waals surface area contributed by atoms with Gasteiger partial charge in [0.25, 0.3) is 0 Å². The molecule has 3 heterocycles. The average molecular weight is 286 g/mol. The second kappa shape index (κ2) is 6.35. The maximum atomic E-state index is 5.47. The number of rotatable bonds is 4. The van der Waals surface area contributed by atoms with Crippen LogP contribution in [0, 0.1) is 5.92 Å². The molecule has 5 nitrogen and oxygen atoms in total. The highest BCUT2D eigenvalue weighted by Gasteiger charge is 2.25. The molecule has 0 saturated carbocycles. The number of pyridine rings is 1. The molecule has 1 fully saturated rings. The zero-order valence-corrected chi connectivity index (χ0v) is 12.7. The third-order valence-corrected chi connectivity index (χ3v) is 3.94. The number of likely N-dealkylation sites (tertiary alicyclic amines) is 1. The Balaban J connectivity index is 1.63. The predicted octanol–water partition coefficient (Wildman–Crippen LogP) is 2.97. The summed E-state index contributed by atoms with van der Waals surface area (Å²) >= 11 is 0. The van der Waals surface area contributed by atoms with Crippen molar-refractivity contribution in [3.05, 3.63) is 30.4 Å². The number of aromatic nitrogens is 3. The van der Waals surface area contributed by atoms with E-state index in [9.17, 15) is 0 Å². The monoisotopic (exact) mass is 286 g/mol. The highest BCUT2D eigenvalue weighted by Crippen LogP contribution is 2.28. The molecule has 0 aliphatic carbocycles. The maximum absolute atomic E-state index is 5.47. The van der Waals surface area contributed by atoms with Gasteiger partial charge < -0.3 is 9.42 Å². The van der Waals surface area contributed by atoms with E-state index in [0.717, 1.165) is 43.3 Å². The van der Waals surface area contributed by atoms with Crippen LogP contribution in [0.4, 0.5) is 0 Å². The molecule has 0 unspecified atom stereocenters. The van der Waals surface area contributed by atoms with Crippen molar-refractivity contribution in [2.24, 2.45) is 5.92 Å². The van der Waals surface area contributed by atoms with Gasteiger partial charge in [0.05, 0.1) is 0 Å². The molecule has 1 saturated heterocycles. The molecule has 0 spiro atoms. The van der Waals surface area contributed by atoms with Crippen LogP contribution in [0.5, 0.6) is 0 Å². The maximum Gasteiger partial charge on any atom is 0.230 e. The Kier molecular flexibility index (Phi) is 4.29. The summed E-state index contributed by atoms with van der Waals surface area (Å²) in [7, 11) is 0. The lowest BCUT2D eigenvalue weighted by atomic mass is 9.96.